The van der Waals surface area contributed by atoms with Crippen molar-refractivity contribution in [3.05, 3.63) is 65.6 Å². The van der Waals surface area contributed by atoms with E-state index < -0.39 is 0 Å². The van der Waals surface area contributed by atoms with Crippen molar-refractivity contribution in [2.45, 2.75) is 58.3 Å². The van der Waals surface area contributed by atoms with Crippen molar-refractivity contribution in [2.24, 2.45) is 7.05 Å². The van der Waals surface area contributed by atoms with Crippen molar-refractivity contribution in [1.29, 1.82) is 0 Å². The molecule has 1 aliphatic rings. The smallest absolute Gasteiger partial charge is 0.410 e. The van der Waals surface area contributed by atoms with Crippen molar-refractivity contribution in [3.63, 3.8) is 0 Å². The zero-order valence-corrected chi connectivity index (χ0v) is 19.7. The van der Waals surface area contributed by atoms with Crippen molar-refractivity contribution in [1.82, 2.24) is 19.7 Å². The Morgan fingerprint density at radius 2 is 1.88 bits per heavy atom. The number of pyridine rings is 1. The van der Waals surface area contributed by atoms with Gasteiger partial charge in [-0.15, -0.1) is 0 Å². The maximum absolute atomic E-state index is 12.5. The first kappa shape index (κ1) is 22.8. The fourth-order valence-electron chi connectivity index (χ4n) is 4.20. The Labute approximate surface area is 195 Å². The molecule has 2 aromatic heterocycles. The number of benzene rings is 1. The normalized spacial score (nSPS) is 14.2. The summed E-state index contributed by atoms with van der Waals surface area (Å²) in [5.74, 6) is 0.838. The highest BCUT2D eigenvalue weighted by Gasteiger charge is 2.19. The standard InChI is InChI=1S/C26H32N4O3/c1-19-25(33-21-12-8-5-9-13-21)15-14-23(28-19)22-16-27-30(3)24(22)18-32-26(31)29(2)17-20-10-6-4-7-11-20/h4,6-7,10-11,14-16,21H,5,8-9,12-13,17-18H2,1-3H3. The third kappa shape index (κ3) is 5.72. The van der Waals surface area contributed by atoms with Crippen molar-refractivity contribution < 1.29 is 14.3 Å². The Balaban J connectivity index is 1.42. The predicted octanol–water partition coefficient (Wildman–Crippen LogP) is 5.27. The number of ether oxygens (including phenoxy) is 2. The average Bonchev–Trinajstić information content (AvgIpc) is 3.20. The van der Waals surface area contributed by atoms with Crippen LogP contribution in [0.5, 0.6) is 5.75 Å². The molecule has 0 saturated heterocycles. The third-order valence-electron chi connectivity index (χ3n) is 6.13. The molecule has 2 heterocycles. The number of hydrogen-bond acceptors (Lipinski definition) is 5. The molecule has 0 radical (unpaired) electrons. The number of nitrogens with zero attached hydrogens (tertiary/aromatic N) is 4. The number of hydrogen-bond donors (Lipinski definition) is 0. The molecule has 0 unspecified atom stereocenters. The molecule has 0 N–H and O–H groups in total. The number of aromatic nitrogens is 3. The van der Waals surface area contributed by atoms with E-state index in [1.54, 1.807) is 22.8 Å². The minimum atomic E-state index is -0.383. The van der Waals surface area contributed by atoms with Gasteiger partial charge in [-0.25, -0.2) is 9.78 Å². The van der Waals surface area contributed by atoms with Crippen LogP contribution in [-0.4, -0.2) is 38.9 Å². The molecule has 0 atom stereocenters. The van der Waals surface area contributed by atoms with Crippen LogP contribution in [0.3, 0.4) is 0 Å². The summed E-state index contributed by atoms with van der Waals surface area (Å²) in [4.78, 5) is 18.9. The summed E-state index contributed by atoms with van der Waals surface area (Å²) in [7, 11) is 3.57. The van der Waals surface area contributed by atoms with Gasteiger partial charge in [-0.05, 0) is 50.3 Å². The van der Waals surface area contributed by atoms with Crippen LogP contribution >= 0.6 is 0 Å². The van der Waals surface area contributed by atoms with E-state index in [4.69, 9.17) is 14.5 Å². The van der Waals surface area contributed by atoms with Crippen LogP contribution in [0.1, 0.15) is 49.1 Å². The minimum absolute atomic E-state index is 0.116. The predicted molar refractivity (Wildman–Crippen MR) is 127 cm³/mol. The molecule has 7 heteroatoms. The molecular weight excluding hydrogens is 416 g/mol. The topological polar surface area (TPSA) is 69.5 Å². The van der Waals surface area contributed by atoms with Gasteiger partial charge in [-0.3, -0.25) is 4.68 Å². The molecule has 7 nitrogen and oxygen atoms in total. The first-order valence-corrected chi connectivity index (χ1v) is 11.6. The van der Waals surface area contributed by atoms with E-state index >= 15 is 0 Å². The largest absolute Gasteiger partial charge is 0.489 e. The Bertz CT molecular complexity index is 1070. The molecule has 1 amide bonds. The van der Waals surface area contributed by atoms with Gasteiger partial charge in [0, 0.05) is 26.2 Å². The Morgan fingerprint density at radius 3 is 2.61 bits per heavy atom. The van der Waals surface area contributed by atoms with Crippen molar-refractivity contribution in [3.8, 4) is 17.0 Å². The first-order valence-electron chi connectivity index (χ1n) is 11.6. The summed E-state index contributed by atoms with van der Waals surface area (Å²) in [6.07, 6.45) is 7.64. The number of carbonyl (C=O) groups is 1. The summed E-state index contributed by atoms with van der Waals surface area (Å²) < 4.78 is 13.5. The van der Waals surface area contributed by atoms with Gasteiger partial charge >= 0.3 is 6.09 Å². The Kier molecular flexibility index (Phi) is 7.27. The highest BCUT2D eigenvalue weighted by molar-refractivity contribution is 5.68. The first-order chi connectivity index (χ1) is 16.0. The molecule has 0 aliphatic heterocycles. The third-order valence-corrected chi connectivity index (χ3v) is 6.13. The quantitative estimate of drug-likeness (QED) is 0.492. The number of carbonyl (C=O) groups excluding carboxylic acids is 1. The second kappa shape index (κ2) is 10.5. The van der Waals surface area contributed by atoms with Crippen LogP contribution in [0, 0.1) is 6.92 Å². The summed E-state index contributed by atoms with van der Waals surface area (Å²) in [5, 5.41) is 4.37. The molecule has 1 fully saturated rings. The highest BCUT2D eigenvalue weighted by atomic mass is 16.6. The molecule has 4 rings (SSSR count). The Morgan fingerprint density at radius 1 is 1.12 bits per heavy atom. The lowest BCUT2D eigenvalue weighted by Gasteiger charge is -2.23. The lowest BCUT2D eigenvalue weighted by molar-refractivity contribution is 0.100. The van der Waals surface area contributed by atoms with E-state index in [9.17, 15) is 4.79 Å². The second-order valence-electron chi connectivity index (χ2n) is 8.68. The van der Waals surface area contributed by atoms with Crippen LogP contribution in [0.2, 0.25) is 0 Å². The maximum Gasteiger partial charge on any atom is 0.410 e. The van der Waals surface area contributed by atoms with Gasteiger partial charge in [-0.1, -0.05) is 36.8 Å². The van der Waals surface area contributed by atoms with Crippen LogP contribution in [0.15, 0.2) is 48.7 Å². The molecule has 33 heavy (non-hydrogen) atoms. The van der Waals surface area contributed by atoms with Crippen LogP contribution in [-0.2, 0) is 24.9 Å². The fraction of sp³-hybridized carbons (Fsp3) is 0.423. The fourth-order valence-corrected chi connectivity index (χ4v) is 4.20. The summed E-state index contributed by atoms with van der Waals surface area (Å²) in [5.41, 5.74) is 4.34. The van der Waals surface area contributed by atoms with Crippen LogP contribution in [0.25, 0.3) is 11.3 Å². The molecule has 174 valence electrons. The summed E-state index contributed by atoms with van der Waals surface area (Å²) >= 11 is 0. The average molecular weight is 449 g/mol. The van der Waals surface area contributed by atoms with E-state index in [0.29, 0.717) is 6.54 Å². The van der Waals surface area contributed by atoms with E-state index in [1.165, 1.54) is 19.3 Å². The highest BCUT2D eigenvalue weighted by Crippen LogP contribution is 2.29. The molecule has 1 aromatic carbocycles. The summed E-state index contributed by atoms with van der Waals surface area (Å²) in [6.45, 7) is 2.57. The lowest BCUT2D eigenvalue weighted by atomic mass is 9.98. The second-order valence-corrected chi connectivity index (χ2v) is 8.68. The van der Waals surface area contributed by atoms with Crippen LogP contribution in [0.4, 0.5) is 4.79 Å². The molecule has 3 aromatic rings. The van der Waals surface area contributed by atoms with Gasteiger partial charge < -0.3 is 14.4 Å². The number of amides is 1. The number of aryl methyl sites for hydroxylation is 2. The maximum atomic E-state index is 12.5. The monoisotopic (exact) mass is 448 g/mol. The van der Waals surface area contributed by atoms with Gasteiger partial charge in [0.05, 0.1) is 29.4 Å². The van der Waals surface area contributed by atoms with E-state index in [0.717, 1.165) is 46.8 Å². The van der Waals surface area contributed by atoms with Gasteiger partial charge in [-0.2, -0.15) is 5.10 Å². The van der Waals surface area contributed by atoms with Crippen molar-refractivity contribution in [2.75, 3.05) is 7.05 Å². The molecular formula is C26H32N4O3. The zero-order valence-electron chi connectivity index (χ0n) is 19.7. The van der Waals surface area contributed by atoms with Crippen LogP contribution < -0.4 is 4.74 Å². The molecule has 1 saturated carbocycles. The van der Waals surface area contributed by atoms with E-state index in [-0.39, 0.29) is 18.8 Å². The lowest BCUT2D eigenvalue weighted by Crippen LogP contribution is -2.27. The van der Waals surface area contributed by atoms with Crippen molar-refractivity contribution >= 4 is 6.09 Å². The van der Waals surface area contributed by atoms with Gasteiger partial charge in [0.2, 0.25) is 0 Å². The van der Waals surface area contributed by atoms with Gasteiger partial charge in [0.1, 0.15) is 12.4 Å². The molecule has 0 bridgehead atoms. The SMILES string of the molecule is Cc1nc(-c2cnn(C)c2COC(=O)N(C)Cc2ccccc2)ccc1OC1CCCCC1. The number of rotatable bonds is 7. The molecule has 1 aliphatic carbocycles. The summed E-state index contributed by atoms with van der Waals surface area (Å²) in [6, 6.07) is 13.8. The minimum Gasteiger partial charge on any atom is -0.489 e. The Hall–Kier alpha value is -3.35. The zero-order chi connectivity index (χ0) is 23.2. The van der Waals surface area contributed by atoms with Gasteiger partial charge in [0.15, 0.2) is 0 Å². The van der Waals surface area contributed by atoms with E-state index in [2.05, 4.69) is 5.10 Å². The van der Waals surface area contributed by atoms with Gasteiger partial charge in [0.25, 0.3) is 0 Å². The van der Waals surface area contributed by atoms with E-state index in [1.807, 2.05) is 56.4 Å². The molecule has 0 spiro atoms.